The van der Waals surface area contributed by atoms with E-state index >= 15 is 0 Å². The highest BCUT2D eigenvalue weighted by Gasteiger charge is 2.53. The Hall–Kier alpha value is -0.860. The maximum absolute atomic E-state index is 9.28. The zero-order chi connectivity index (χ0) is 10.2. The van der Waals surface area contributed by atoms with E-state index in [-0.39, 0.29) is 12.0 Å². The number of aryl methyl sites for hydroxylation is 1. The molecule has 1 aromatic carbocycles. The van der Waals surface area contributed by atoms with Gasteiger partial charge in [0.05, 0.1) is 6.61 Å². The fraction of sp³-hybridized carbons (Fsp3) is 0.500. The summed E-state index contributed by atoms with van der Waals surface area (Å²) in [6, 6.07) is 8.49. The lowest BCUT2D eigenvalue weighted by molar-refractivity contribution is 0.211. The van der Waals surface area contributed by atoms with Crippen LogP contribution in [0, 0.1) is 12.3 Å². The Morgan fingerprint density at radius 2 is 2.36 bits per heavy atom. The van der Waals surface area contributed by atoms with Gasteiger partial charge in [0.2, 0.25) is 0 Å². The van der Waals surface area contributed by atoms with Gasteiger partial charge < -0.3 is 10.8 Å². The molecule has 3 N–H and O–H groups in total. The summed E-state index contributed by atoms with van der Waals surface area (Å²) in [5.41, 5.74) is 8.26. The van der Waals surface area contributed by atoms with Gasteiger partial charge in [-0.15, -0.1) is 0 Å². The number of nitrogens with two attached hydrogens (primary N) is 1. The molecule has 76 valence electrons. The van der Waals surface area contributed by atoms with E-state index < -0.39 is 0 Å². The molecule has 2 rings (SSSR count). The number of hydrogen-bond acceptors (Lipinski definition) is 2. The average molecular weight is 191 g/mol. The molecule has 0 spiro atoms. The molecule has 0 amide bonds. The van der Waals surface area contributed by atoms with Crippen LogP contribution in [0.25, 0.3) is 0 Å². The van der Waals surface area contributed by atoms with Gasteiger partial charge >= 0.3 is 0 Å². The molecule has 0 aromatic heterocycles. The molecule has 14 heavy (non-hydrogen) atoms. The fourth-order valence-electron chi connectivity index (χ4n) is 2.17. The molecule has 1 aliphatic carbocycles. The predicted molar refractivity (Wildman–Crippen MR) is 57.1 cm³/mol. The topological polar surface area (TPSA) is 46.2 Å². The number of hydrogen-bond donors (Lipinski definition) is 2. The van der Waals surface area contributed by atoms with Crippen LogP contribution in [0.1, 0.15) is 23.5 Å². The van der Waals surface area contributed by atoms with Crippen molar-refractivity contribution in [2.75, 3.05) is 13.2 Å². The van der Waals surface area contributed by atoms with Gasteiger partial charge in [-0.25, -0.2) is 0 Å². The van der Waals surface area contributed by atoms with Gasteiger partial charge in [0.25, 0.3) is 0 Å². The third-order valence-electron chi connectivity index (χ3n) is 3.36. The second-order valence-electron chi connectivity index (χ2n) is 4.40. The van der Waals surface area contributed by atoms with Gasteiger partial charge in [-0.3, -0.25) is 0 Å². The van der Waals surface area contributed by atoms with Crippen LogP contribution in [-0.4, -0.2) is 18.3 Å². The molecule has 0 radical (unpaired) electrons. The molecule has 0 aliphatic heterocycles. The molecule has 0 unspecified atom stereocenters. The van der Waals surface area contributed by atoms with Crippen LogP contribution in [-0.2, 0) is 0 Å². The van der Waals surface area contributed by atoms with Crippen molar-refractivity contribution < 1.29 is 5.11 Å². The van der Waals surface area contributed by atoms with E-state index in [4.69, 9.17) is 5.73 Å². The number of rotatable bonds is 3. The van der Waals surface area contributed by atoms with Crippen molar-refractivity contribution in [3.8, 4) is 0 Å². The first kappa shape index (κ1) is 9.69. The third-order valence-corrected chi connectivity index (χ3v) is 3.36. The summed E-state index contributed by atoms with van der Waals surface area (Å²) in [7, 11) is 0. The van der Waals surface area contributed by atoms with E-state index in [1.807, 2.05) is 0 Å². The Balaban J connectivity index is 2.19. The largest absolute Gasteiger partial charge is 0.396 e. The van der Waals surface area contributed by atoms with Crippen LogP contribution < -0.4 is 5.73 Å². The summed E-state index contributed by atoms with van der Waals surface area (Å²) in [6.07, 6.45) is 1.03. The van der Waals surface area contributed by atoms with Gasteiger partial charge in [0, 0.05) is 12.0 Å². The Morgan fingerprint density at radius 1 is 1.57 bits per heavy atom. The minimum absolute atomic E-state index is 0.0200. The second kappa shape index (κ2) is 3.37. The fourth-order valence-corrected chi connectivity index (χ4v) is 2.17. The Labute approximate surface area is 84.7 Å². The summed E-state index contributed by atoms with van der Waals surface area (Å²) in [5, 5.41) is 9.28. The molecule has 2 atom stereocenters. The molecule has 0 saturated heterocycles. The molecular formula is C12H17NO. The van der Waals surface area contributed by atoms with Crippen LogP contribution in [0.4, 0.5) is 0 Å². The zero-order valence-corrected chi connectivity index (χ0v) is 8.53. The molecule has 2 heteroatoms. The van der Waals surface area contributed by atoms with Crippen molar-refractivity contribution >= 4 is 0 Å². The monoisotopic (exact) mass is 191 g/mol. The summed E-state index contributed by atoms with van der Waals surface area (Å²) < 4.78 is 0. The van der Waals surface area contributed by atoms with E-state index in [1.165, 1.54) is 11.1 Å². The van der Waals surface area contributed by atoms with Crippen LogP contribution in [0.3, 0.4) is 0 Å². The maximum Gasteiger partial charge on any atom is 0.0505 e. The summed E-state index contributed by atoms with van der Waals surface area (Å²) in [4.78, 5) is 0. The lowest BCUT2D eigenvalue weighted by Gasteiger charge is -2.11. The van der Waals surface area contributed by atoms with Gasteiger partial charge in [0.15, 0.2) is 0 Å². The van der Waals surface area contributed by atoms with Gasteiger partial charge in [-0.05, 0) is 24.8 Å². The van der Waals surface area contributed by atoms with Crippen LogP contribution in [0.15, 0.2) is 24.3 Å². The molecule has 1 aliphatic rings. The van der Waals surface area contributed by atoms with Gasteiger partial charge in [-0.1, -0.05) is 29.8 Å². The minimum atomic E-state index is -0.0200. The molecular weight excluding hydrogens is 174 g/mol. The van der Waals surface area contributed by atoms with Crippen molar-refractivity contribution in [2.24, 2.45) is 11.1 Å². The molecule has 1 aromatic rings. The van der Waals surface area contributed by atoms with Crippen molar-refractivity contribution in [1.82, 2.24) is 0 Å². The molecule has 1 fully saturated rings. The number of aliphatic hydroxyl groups excluding tert-OH is 1. The summed E-state index contributed by atoms with van der Waals surface area (Å²) >= 11 is 0. The van der Waals surface area contributed by atoms with E-state index in [0.717, 1.165) is 6.42 Å². The molecule has 0 bridgehead atoms. The first-order valence-electron chi connectivity index (χ1n) is 5.09. The first-order valence-corrected chi connectivity index (χ1v) is 5.09. The second-order valence-corrected chi connectivity index (χ2v) is 4.40. The van der Waals surface area contributed by atoms with Crippen molar-refractivity contribution in [2.45, 2.75) is 19.3 Å². The standard InChI is InChI=1S/C12H17NO/c1-9-3-2-4-10(5-9)11-6-12(11,7-13)8-14/h2-5,11,14H,6-8,13H2,1H3/t11-,12-/m1/s1. The summed E-state index contributed by atoms with van der Waals surface area (Å²) in [6.45, 7) is 2.89. The van der Waals surface area contributed by atoms with Crippen molar-refractivity contribution in [1.29, 1.82) is 0 Å². The Kier molecular flexibility index (Phi) is 2.33. The lowest BCUT2D eigenvalue weighted by Crippen LogP contribution is -2.21. The quantitative estimate of drug-likeness (QED) is 0.759. The predicted octanol–water partition coefficient (Wildman–Crippen LogP) is 1.42. The van der Waals surface area contributed by atoms with E-state index in [1.54, 1.807) is 0 Å². The van der Waals surface area contributed by atoms with Gasteiger partial charge in [0.1, 0.15) is 0 Å². The van der Waals surface area contributed by atoms with E-state index in [9.17, 15) is 5.11 Å². The Morgan fingerprint density at radius 3 is 2.86 bits per heavy atom. The Bertz CT molecular complexity index is 331. The van der Waals surface area contributed by atoms with Crippen LogP contribution in [0.5, 0.6) is 0 Å². The lowest BCUT2D eigenvalue weighted by atomic mass is 9.99. The minimum Gasteiger partial charge on any atom is -0.396 e. The van der Waals surface area contributed by atoms with E-state index in [2.05, 4.69) is 31.2 Å². The number of aliphatic hydroxyl groups is 1. The molecule has 0 heterocycles. The highest BCUT2D eigenvalue weighted by atomic mass is 16.3. The smallest absolute Gasteiger partial charge is 0.0505 e. The van der Waals surface area contributed by atoms with Crippen LogP contribution >= 0.6 is 0 Å². The SMILES string of the molecule is Cc1cccc([C@H]2C[C@@]2(CN)CO)c1. The van der Waals surface area contributed by atoms with Gasteiger partial charge in [-0.2, -0.15) is 0 Å². The summed E-state index contributed by atoms with van der Waals surface area (Å²) in [5.74, 6) is 0.470. The van der Waals surface area contributed by atoms with E-state index in [0.29, 0.717) is 12.5 Å². The third kappa shape index (κ3) is 1.45. The van der Waals surface area contributed by atoms with Crippen LogP contribution in [0.2, 0.25) is 0 Å². The zero-order valence-electron chi connectivity index (χ0n) is 8.53. The van der Waals surface area contributed by atoms with Crippen molar-refractivity contribution in [3.63, 3.8) is 0 Å². The molecule has 2 nitrogen and oxygen atoms in total. The normalized spacial score (nSPS) is 30.4. The first-order chi connectivity index (χ1) is 6.72. The highest BCUT2D eigenvalue weighted by molar-refractivity contribution is 5.33. The number of benzene rings is 1. The maximum atomic E-state index is 9.28. The highest BCUT2D eigenvalue weighted by Crippen LogP contribution is 2.58. The van der Waals surface area contributed by atoms with Crippen molar-refractivity contribution in [3.05, 3.63) is 35.4 Å². The average Bonchev–Trinajstić information content (AvgIpc) is 2.93. The molecule has 1 saturated carbocycles.